The van der Waals surface area contributed by atoms with Gasteiger partial charge in [0.25, 0.3) is 0 Å². The molecular weight excluding hydrogens is 506 g/mol. The van der Waals surface area contributed by atoms with Gasteiger partial charge in [-0.3, -0.25) is 9.69 Å². The Morgan fingerprint density at radius 1 is 1.21 bits per heavy atom. The number of carbonyl (C=O) groups excluding carboxylic acids is 1. The first-order valence-corrected chi connectivity index (χ1v) is 12.4. The fraction of sp³-hybridized carbons (Fsp3) is 0.333. The average molecular weight is 530 g/mol. The van der Waals surface area contributed by atoms with Crippen molar-refractivity contribution in [3.05, 3.63) is 57.0 Å². The summed E-state index contributed by atoms with van der Waals surface area (Å²) in [6.07, 6.45) is 0.173. The summed E-state index contributed by atoms with van der Waals surface area (Å²) in [6, 6.07) is 13.6. The maximum Gasteiger partial charge on any atom is 0.229 e. The lowest BCUT2D eigenvalue weighted by molar-refractivity contribution is -0.129. The Morgan fingerprint density at radius 2 is 1.94 bits per heavy atom. The first kappa shape index (κ1) is 23.3. The molecular formula is C24H24BrN3O4S. The molecule has 2 heterocycles. The summed E-state index contributed by atoms with van der Waals surface area (Å²) < 4.78 is 11.5. The van der Waals surface area contributed by atoms with Gasteiger partial charge in [-0.05, 0) is 71.7 Å². The minimum atomic E-state index is -0.394. The van der Waals surface area contributed by atoms with E-state index >= 15 is 0 Å². The summed E-state index contributed by atoms with van der Waals surface area (Å²) in [5, 5.41) is 21.0. The van der Waals surface area contributed by atoms with Crippen molar-refractivity contribution in [2.75, 3.05) is 30.7 Å². The number of anilines is 1. The highest BCUT2D eigenvalue weighted by Gasteiger charge is 2.38. The monoisotopic (exact) mass is 529 g/mol. The third-order valence-electron chi connectivity index (χ3n) is 5.56. The molecule has 0 aromatic heterocycles. The van der Waals surface area contributed by atoms with Crippen molar-refractivity contribution in [1.82, 2.24) is 4.90 Å². The van der Waals surface area contributed by atoms with Crippen LogP contribution in [0, 0.1) is 11.3 Å². The van der Waals surface area contributed by atoms with Gasteiger partial charge in [-0.2, -0.15) is 5.26 Å². The first-order valence-electron chi connectivity index (χ1n) is 10.7. The van der Waals surface area contributed by atoms with Crippen LogP contribution >= 0.6 is 27.7 Å². The Morgan fingerprint density at radius 3 is 2.61 bits per heavy atom. The normalized spacial score (nSPS) is 18.1. The molecule has 1 saturated heterocycles. The number of nitrogens with zero attached hydrogens (tertiary/aromatic N) is 3. The van der Waals surface area contributed by atoms with E-state index in [1.807, 2.05) is 38.1 Å². The van der Waals surface area contributed by atoms with Crippen molar-refractivity contribution in [2.45, 2.75) is 26.2 Å². The summed E-state index contributed by atoms with van der Waals surface area (Å²) in [7, 11) is 0. The van der Waals surface area contributed by atoms with Crippen molar-refractivity contribution in [1.29, 1.82) is 5.26 Å². The van der Waals surface area contributed by atoms with E-state index in [0.29, 0.717) is 46.6 Å². The van der Waals surface area contributed by atoms with Crippen LogP contribution in [0.3, 0.4) is 0 Å². The number of aromatic hydroxyl groups is 1. The largest absolute Gasteiger partial charge is 0.503 e. The number of ether oxygens (including phenoxy) is 2. The van der Waals surface area contributed by atoms with E-state index in [1.54, 1.807) is 17.0 Å². The van der Waals surface area contributed by atoms with Crippen LogP contribution in [0.1, 0.15) is 31.7 Å². The lowest BCUT2D eigenvalue weighted by Gasteiger charge is -2.42. The molecule has 2 aliphatic heterocycles. The zero-order chi connectivity index (χ0) is 23.5. The fourth-order valence-corrected chi connectivity index (χ4v) is 5.62. The molecule has 172 valence electrons. The van der Waals surface area contributed by atoms with Crippen molar-refractivity contribution < 1.29 is 19.4 Å². The molecule has 0 bridgehead atoms. The second kappa shape index (κ2) is 9.98. The lowest BCUT2D eigenvalue weighted by atomic mass is 9.86. The second-order valence-corrected chi connectivity index (χ2v) is 9.36. The number of nitriles is 1. The predicted molar refractivity (Wildman–Crippen MR) is 131 cm³/mol. The minimum absolute atomic E-state index is 0.00793. The number of hydrogen-bond acceptors (Lipinski definition) is 7. The molecule has 1 amide bonds. The van der Waals surface area contributed by atoms with E-state index in [-0.39, 0.29) is 18.1 Å². The molecule has 2 aliphatic rings. The zero-order valence-corrected chi connectivity index (χ0v) is 20.8. The molecule has 1 fully saturated rings. The van der Waals surface area contributed by atoms with Crippen molar-refractivity contribution >= 4 is 39.3 Å². The maximum absolute atomic E-state index is 13.2. The van der Waals surface area contributed by atoms with Crippen molar-refractivity contribution in [2.24, 2.45) is 0 Å². The van der Waals surface area contributed by atoms with Gasteiger partial charge in [-0.15, -0.1) is 0 Å². The predicted octanol–water partition coefficient (Wildman–Crippen LogP) is 5.17. The molecule has 0 unspecified atom stereocenters. The summed E-state index contributed by atoms with van der Waals surface area (Å²) in [5.41, 5.74) is 2.31. The van der Waals surface area contributed by atoms with Gasteiger partial charge in [0.15, 0.2) is 11.5 Å². The molecule has 2 aromatic rings. The summed E-state index contributed by atoms with van der Waals surface area (Å²) in [5.74, 6) is 1.33. The SMILES string of the molecule is CCOc1ccc(N2CSC3=C(C#N)[C@H](c4cc(Br)c(O)c(OCC)c4)CC(=O)N3C2)cc1. The first-order chi connectivity index (χ1) is 16.0. The smallest absolute Gasteiger partial charge is 0.229 e. The van der Waals surface area contributed by atoms with Gasteiger partial charge in [-0.1, -0.05) is 11.8 Å². The number of benzene rings is 2. The van der Waals surface area contributed by atoms with Gasteiger partial charge in [0.2, 0.25) is 5.91 Å². The molecule has 0 saturated carbocycles. The third-order valence-corrected chi connectivity index (χ3v) is 7.32. The molecule has 0 spiro atoms. The topological polar surface area (TPSA) is 86.0 Å². The average Bonchev–Trinajstić information content (AvgIpc) is 2.82. The van der Waals surface area contributed by atoms with Crippen LogP contribution in [0.25, 0.3) is 0 Å². The second-order valence-electron chi connectivity index (χ2n) is 7.57. The van der Waals surface area contributed by atoms with Crippen LogP contribution in [0.5, 0.6) is 17.2 Å². The fourth-order valence-electron chi connectivity index (χ4n) is 3.99. The summed E-state index contributed by atoms with van der Waals surface area (Å²) in [6.45, 7) is 5.16. The van der Waals surface area contributed by atoms with Gasteiger partial charge in [0.05, 0.1) is 46.9 Å². The van der Waals surface area contributed by atoms with E-state index in [4.69, 9.17) is 9.47 Å². The van der Waals surface area contributed by atoms with Gasteiger partial charge in [0, 0.05) is 18.0 Å². The number of hydrogen-bond donors (Lipinski definition) is 1. The molecule has 0 radical (unpaired) electrons. The highest BCUT2D eigenvalue weighted by Crippen LogP contribution is 2.46. The lowest BCUT2D eigenvalue weighted by Crippen LogP contribution is -2.47. The molecule has 2 aromatic carbocycles. The number of fused-ring (bicyclic) bond motifs is 1. The molecule has 33 heavy (non-hydrogen) atoms. The Labute approximate surface area is 205 Å². The number of allylic oxidation sites excluding steroid dienone is 1. The minimum Gasteiger partial charge on any atom is -0.503 e. The van der Waals surface area contributed by atoms with E-state index < -0.39 is 5.92 Å². The van der Waals surface area contributed by atoms with Gasteiger partial charge in [0.1, 0.15) is 5.75 Å². The Bertz CT molecular complexity index is 1130. The third kappa shape index (κ3) is 4.63. The van der Waals surface area contributed by atoms with Crippen LogP contribution in [0.15, 0.2) is 51.5 Å². The van der Waals surface area contributed by atoms with E-state index in [9.17, 15) is 15.2 Å². The number of rotatable bonds is 6. The molecule has 9 heteroatoms. The van der Waals surface area contributed by atoms with Crippen LogP contribution in [-0.4, -0.2) is 41.7 Å². The van der Waals surface area contributed by atoms with Crippen LogP contribution in [0.4, 0.5) is 5.69 Å². The van der Waals surface area contributed by atoms with Gasteiger partial charge >= 0.3 is 0 Å². The van der Waals surface area contributed by atoms with Crippen molar-refractivity contribution in [3.63, 3.8) is 0 Å². The summed E-state index contributed by atoms with van der Waals surface area (Å²) in [4.78, 5) is 17.0. The number of halogens is 1. The molecule has 0 aliphatic carbocycles. The number of amides is 1. The van der Waals surface area contributed by atoms with Crippen LogP contribution < -0.4 is 14.4 Å². The van der Waals surface area contributed by atoms with Gasteiger partial charge < -0.3 is 19.5 Å². The Kier molecular flexibility index (Phi) is 7.05. The van der Waals surface area contributed by atoms with Crippen LogP contribution in [0.2, 0.25) is 0 Å². The Hall–Kier alpha value is -2.83. The highest BCUT2D eigenvalue weighted by atomic mass is 79.9. The van der Waals surface area contributed by atoms with Crippen molar-refractivity contribution in [3.8, 4) is 23.3 Å². The highest BCUT2D eigenvalue weighted by molar-refractivity contribution is 9.10. The van der Waals surface area contributed by atoms with Crippen LogP contribution in [-0.2, 0) is 4.79 Å². The molecule has 1 atom stereocenters. The van der Waals surface area contributed by atoms with E-state index in [0.717, 1.165) is 17.0 Å². The number of phenols is 1. The molecule has 7 nitrogen and oxygen atoms in total. The Balaban J connectivity index is 1.63. The summed E-state index contributed by atoms with van der Waals surface area (Å²) >= 11 is 4.85. The number of carbonyl (C=O) groups is 1. The van der Waals surface area contributed by atoms with E-state index in [1.165, 1.54) is 11.8 Å². The van der Waals surface area contributed by atoms with Gasteiger partial charge in [-0.25, -0.2) is 0 Å². The number of thioether (sulfide) groups is 1. The molecule has 4 rings (SSSR count). The maximum atomic E-state index is 13.2. The molecule has 1 N–H and O–H groups in total. The zero-order valence-electron chi connectivity index (χ0n) is 18.4. The standard InChI is InChI=1S/C24H24BrN3O4S/c1-3-31-17-7-5-16(6-8-17)27-13-28-22(29)11-18(19(12-26)24(28)33-14-27)15-9-20(25)23(30)21(10-15)32-4-2/h5-10,18,30H,3-4,11,13-14H2,1-2H3/t18-/m0/s1. The number of phenolic OH excluding ortho intramolecular Hbond substituents is 1. The quantitative estimate of drug-likeness (QED) is 0.552. The van der Waals surface area contributed by atoms with E-state index in [2.05, 4.69) is 26.9 Å².